The number of nitriles is 2. The number of carbonyl (C=O) groups is 4. The van der Waals surface area contributed by atoms with Gasteiger partial charge in [-0.15, -0.1) is 24.7 Å². The van der Waals surface area contributed by atoms with Crippen LogP contribution < -0.4 is 10.8 Å². The average Bonchev–Trinajstić information content (AvgIpc) is 4.43. The predicted octanol–water partition coefficient (Wildman–Crippen LogP) is 12.3. The summed E-state index contributed by atoms with van der Waals surface area (Å²) in [5, 5.41) is 61.6. The van der Waals surface area contributed by atoms with Gasteiger partial charge in [-0.2, -0.15) is 36.9 Å². The van der Waals surface area contributed by atoms with Crippen LogP contribution in [0.4, 0.5) is 32.0 Å². The summed E-state index contributed by atoms with van der Waals surface area (Å²) in [6.45, 7) is 11.1. The number of anilines is 1. The van der Waals surface area contributed by atoms with E-state index in [1.54, 1.807) is 42.3 Å². The lowest BCUT2D eigenvalue weighted by atomic mass is 10.0. The number of rotatable bonds is 18. The number of carbonyl (C=O) groups excluding carboxylic acids is 4. The lowest BCUT2D eigenvalue weighted by Gasteiger charge is -2.15. The third-order valence-corrected chi connectivity index (χ3v) is 12.3. The highest BCUT2D eigenvalue weighted by molar-refractivity contribution is 6.30. The molecule has 0 radical (unpaired) electrons. The van der Waals surface area contributed by atoms with Crippen molar-refractivity contribution in [1.29, 1.82) is 10.5 Å². The van der Waals surface area contributed by atoms with Crippen molar-refractivity contribution in [2.24, 2.45) is 11.8 Å². The number of alkyl halides is 6. The number of allylic oxidation sites excluding steroid dienone is 3. The van der Waals surface area contributed by atoms with Crippen LogP contribution in [-0.4, -0.2) is 49.7 Å². The summed E-state index contributed by atoms with van der Waals surface area (Å²) in [6.07, 6.45) is 6.62. The maximum atomic E-state index is 12.5. The number of hydrogen-bond donors (Lipinski definition) is 5. The van der Waals surface area contributed by atoms with Crippen LogP contribution >= 0.6 is 0 Å². The molecule has 0 saturated heterocycles. The van der Waals surface area contributed by atoms with E-state index in [0.717, 1.165) is 73.2 Å². The van der Waals surface area contributed by atoms with E-state index in [2.05, 4.69) is 32.6 Å². The number of nitrogens with zero attached hydrogens (tertiary/aromatic N) is 5. The molecule has 1 aromatic heterocycles. The molecule has 422 valence electrons. The van der Waals surface area contributed by atoms with E-state index in [0.29, 0.717) is 52.1 Å². The maximum Gasteiger partial charge on any atom is 0.416 e. The second-order valence-corrected chi connectivity index (χ2v) is 18.4. The van der Waals surface area contributed by atoms with Gasteiger partial charge >= 0.3 is 12.4 Å². The molecule has 0 spiro atoms. The van der Waals surface area contributed by atoms with Gasteiger partial charge in [0.15, 0.2) is 17.3 Å². The number of ketones is 3. The van der Waals surface area contributed by atoms with E-state index in [9.17, 15) is 60.9 Å². The standard InChI is InChI=1S/2C16H12F3NO2.C15H15N2O2.C14H13N3O2/c1-2-3-4-15-13(10-20-22-15)14(21)9-11-5-7-12(8-6-11)16(17,18)19;1-2-3-4-14(21)13(10-20)15(22)9-11-5-7-12(8-6-11)16(17,18)19;1-9-3-6-12(7-10(9)2)17-15(19)13(8-16)14(18)11-4-5-11;1-16-13(14(18)11-6-7-11)12(17-19)10-4-2-9(8-15)3-5-10/h1,5-8,10H,3-4,9H2;1,5-8,21H,3-4,9H2;3,6-7,11H,4-5H2,1-2H3,(H,17,19);2-5,11-12,17-19H,6-7H2/q;;-1;/b;14-13-;;14-13-. The van der Waals surface area contributed by atoms with Crippen LogP contribution in [0.3, 0.4) is 0 Å². The number of terminal acetylenes is 2. The number of nitrogens with one attached hydrogen (secondary N) is 2. The molecule has 1 unspecified atom stereocenters. The fourth-order valence-electron chi connectivity index (χ4n) is 7.30. The van der Waals surface area contributed by atoms with Crippen molar-refractivity contribution in [3.63, 3.8) is 0 Å². The first-order valence-corrected chi connectivity index (χ1v) is 24.9. The number of amides is 1. The highest BCUT2D eigenvalue weighted by Crippen LogP contribution is 2.40. The zero-order valence-electron chi connectivity index (χ0n) is 44.1. The number of aliphatic hydroxyl groups excluding tert-OH is 2. The SMILES string of the molecule is C#CCC/C(O)=C(\C#N)C(=O)Cc1ccc(C(F)(F)F)cc1.C#CCCc1oncc1C(=O)Cc1ccc(C(F)(F)F)cc1.Cc1ccc(NC(=O)C(=C=[N-])C(=O)C2CC2)cc1C.[C-]#[N+]/C(=C(\O)C1CC1)C(NO)c1ccc(C#N)cc1. The number of hydroxylamine groups is 1. The Kier molecular flexibility index (Phi) is 24.1. The number of aryl methyl sites for hydroxylation is 3. The third-order valence-electron chi connectivity index (χ3n) is 12.3. The Labute approximate surface area is 468 Å². The highest BCUT2D eigenvalue weighted by Gasteiger charge is 2.35. The second-order valence-electron chi connectivity index (χ2n) is 18.4. The molecule has 21 heteroatoms. The first-order valence-electron chi connectivity index (χ1n) is 24.9. The molecule has 2 fully saturated rings. The van der Waals surface area contributed by atoms with Crippen molar-refractivity contribution in [3.8, 4) is 36.8 Å². The van der Waals surface area contributed by atoms with Gasteiger partial charge in [-0.05, 0) is 116 Å². The van der Waals surface area contributed by atoms with Gasteiger partial charge in [0.2, 0.25) is 5.70 Å². The van der Waals surface area contributed by atoms with Gasteiger partial charge in [0, 0.05) is 56.0 Å². The molecule has 0 aliphatic heterocycles. The van der Waals surface area contributed by atoms with Crippen molar-refractivity contribution in [2.45, 2.75) is 96.5 Å². The number of hydrogen-bond acceptors (Lipinski definition) is 12. The largest absolute Gasteiger partial charge is 0.763 e. The number of benzene rings is 4. The summed E-state index contributed by atoms with van der Waals surface area (Å²) in [7, 11) is 0. The highest BCUT2D eigenvalue weighted by atomic mass is 19.4. The molecule has 1 heterocycles. The molecule has 2 aliphatic carbocycles. The Hall–Kier alpha value is -9.81. The Bertz CT molecular complexity index is 3440. The van der Waals surface area contributed by atoms with Crippen LogP contribution in [-0.2, 0) is 46.0 Å². The van der Waals surface area contributed by atoms with E-state index in [1.807, 2.05) is 32.0 Å². The molecular formula is C61H52F6N7O8-. The Morgan fingerprint density at radius 1 is 0.817 bits per heavy atom. The van der Waals surface area contributed by atoms with E-state index in [1.165, 1.54) is 18.3 Å². The molecule has 1 amide bonds. The topological polar surface area (TPSA) is 253 Å². The summed E-state index contributed by atoms with van der Waals surface area (Å²) in [5.41, 5.74) is 4.89. The van der Waals surface area contributed by atoms with Gasteiger partial charge < -0.3 is 30.7 Å². The number of Topliss-reactive ketones (excluding diaryl/α,β-unsaturated/α-hetero) is 3. The normalized spacial score (nSPS) is 13.3. The van der Waals surface area contributed by atoms with Crippen molar-refractivity contribution in [2.75, 3.05) is 5.32 Å². The number of aromatic nitrogens is 1. The molecule has 5 N–H and O–H groups in total. The van der Waals surface area contributed by atoms with Crippen LogP contribution in [0.1, 0.15) is 112 Å². The fraction of sp³-hybridized carbons (Fsp3) is 0.279. The lowest BCUT2D eigenvalue weighted by Crippen LogP contribution is -2.22. The summed E-state index contributed by atoms with van der Waals surface area (Å²) in [6, 6.07) is 23.3. The Balaban J connectivity index is 0.000000235. The molecule has 0 bridgehead atoms. The quantitative estimate of drug-likeness (QED) is 0.00469. The molecule has 2 aliphatic rings. The smallest absolute Gasteiger partial charge is 0.416 e. The lowest BCUT2D eigenvalue weighted by molar-refractivity contribution is -0.138. The summed E-state index contributed by atoms with van der Waals surface area (Å²) in [5.74, 6) is 4.50. The van der Waals surface area contributed by atoms with Gasteiger partial charge in [-0.3, -0.25) is 25.0 Å². The van der Waals surface area contributed by atoms with Crippen molar-refractivity contribution < 1.29 is 65.5 Å². The molecule has 4 aromatic carbocycles. The minimum absolute atomic E-state index is 0.00184. The molecule has 15 nitrogen and oxygen atoms in total. The van der Waals surface area contributed by atoms with E-state index in [-0.39, 0.29) is 66.1 Å². The van der Waals surface area contributed by atoms with Crippen molar-refractivity contribution in [3.05, 3.63) is 198 Å². The fourth-order valence-corrected chi connectivity index (χ4v) is 7.30. The van der Waals surface area contributed by atoms with Crippen LogP contribution in [0.5, 0.6) is 0 Å². The van der Waals surface area contributed by atoms with Crippen LogP contribution in [0, 0.1) is 79.6 Å². The first-order chi connectivity index (χ1) is 38.9. The number of aliphatic hydroxyl groups is 2. The molecule has 1 atom stereocenters. The van der Waals surface area contributed by atoms with Gasteiger partial charge in [0.25, 0.3) is 5.91 Å². The molecule has 2 saturated carbocycles. The molecular weight excluding hydrogens is 1070 g/mol. The van der Waals surface area contributed by atoms with Crippen LogP contribution in [0.2, 0.25) is 0 Å². The Morgan fingerprint density at radius 3 is 1.84 bits per heavy atom. The van der Waals surface area contributed by atoms with Crippen LogP contribution in [0.15, 0.2) is 130 Å². The number of halogens is 6. The maximum absolute atomic E-state index is 12.5. The van der Waals surface area contributed by atoms with Crippen molar-refractivity contribution >= 4 is 34.8 Å². The first kappa shape index (κ1) is 64.7. The predicted molar refractivity (Wildman–Crippen MR) is 289 cm³/mol. The second kappa shape index (κ2) is 30.5. The average molecular weight is 1130 g/mol. The minimum atomic E-state index is -4.45. The molecule has 7 rings (SSSR count). The molecule has 5 aromatic rings. The summed E-state index contributed by atoms with van der Waals surface area (Å²) < 4.78 is 79.7. The van der Waals surface area contributed by atoms with E-state index < -0.39 is 52.5 Å². The summed E-state index contributed by atoms with van der Waals surface area (Å²) in [4.78, 5) is 51.1. The van der Waals surface area contributed by atoms with E-state index >= 15 is 0 Å². The minimum Gasteiger partial charge on any atom is -0.763 e. The Morgan fingerprint density at radius 2 is 1.38 bits per heavy atom. The van der Waals surface area contributed by atoms with Gasteiger partial charge in [0.1, 0.15) is 34.5 Å². The van der Waals surface area contributed by atoms with E-state index in [4.69, 9.17) is 39.9 Å². The third kappa shape index (κ3) is 19.5. The van der Waals surface area contributed by atoms with Crippen molar-refractivity contribution in [1.82, 2.24) is 10.6 Å². The van der Waals surface area contributed by atoms with Gasteiger partial charge in [-0.1, -0.05) is 47.6 Å². The monoisotopic (exact) mass is 1120 g/mol. The zero-order valence-corrected chi connectivity index (χ0v) is 44.1. The van der Waals surface area contributed by atoms with Gasteiger partial charge in [0.05, 0.1) is 47.1 Å². The van der Waals surface area contributed by atoms with Gasteiger partial charge in [-0.25, -0.2) is 10.3 Å². The summed E-state index contributed by atoms with van der Waals surface area (Å²) >= 11 is 0. The zero-order chi connectivity index (χ0) is 60.7. The molecule has 82 heavy (non-hydrogen) atoms. The van der Waals surface area contributed by atoms with Crippen LogP contribution in [0.25, 0.3) is 10.3 Å².